The molecule has 0 spiro atoms. The van der Waals surface area contributed by atoms with Crippen molar-refractivity contribution in [3.05, 3.63) is 23.8 Å². The molecule has 0 saturated carbocycles. The number of esters is 1. The van der Waals surface area contributed by atoms with E-state index in [-0.39, 0.29) is 18.9 Å². The number of carbonyl (C=O) groups excluding carboxylic acids is 2. The maximum Gasteiger partial charge on any atom is 0.315 e. The van der Waals surface area contributed by atoms with E-state index in [1.54, 1.807) is 14.0 Å². The van der Waals surface area contributed by atoms with Crippen LogP contribution in [0.2, 0.25) is 0 Å². The fourth-order valence-corrected chi connectivity index (χ4v) is 1.95. The second kappa shape index (κ2) is 10.5. The first kappa shape index (κ1) is 19.8. The van der Waals surface area contributed by atoms with E-state index >= 15 is 0 Å². The number of hydrogen-bond donors (Lipinski definition) is 1. The van der Waals surface area contributed by atoms with Crippen LogP contribution in [0.5, 0.6) is 11.5 Å². The van der Waals surface area contributed by atoms with Crippen molar-refractivity contribution in [3.63, 3.8) is 0 Å². The second-order valence-corrected chi connectivity index (χ2v) is 5.77. The lowest BCUT2D eigenvalue weighted by Gasteiger charge is -2.13. The van der Waals surface area contributed by atoms with E-state index in [0.717, 1.165) is 12.0 Å². The molecule has 1 N–H and O–H groups in total. The number of hydrogen-bond acceptors (Lipinski definition) is 5. The molecule has 1 rings (SSSR count). The predicted octanol–water partition coefficient (Wildman–Crippen LogP) is 2.69. The largest absolute Gasteiger partial charge is 0.493 e. The summed E-state index contributed by atoms with van der Waals surface area (Å²) < 4.78 is 15.8. The Bertz CT molecular complexity index is 542. The fourth-order valence-electron chi connectivity index (χ4n) is 1.95. The van der Waals surface area contributed by atoms with E-state index in [0.29, 0.717) is 30.6 Å². The van der Waals surface area contributed by atoms with Crippen LogP contribution in [0.15, 0.2) is 18.2 Å². The average Bonchev–Trinajstić information content (AvgIpc) is 2.53. The molecule has 1 aromatic rings. The number of rotatable bonds is 10. The third kappa shape index (κ3) is 7.35. The maximum absolute atomic E-state index is 11.7. The lowest BCUT2D eigenvalue weighted by Crippen LogP contribution is -2.26. The van der Waals surface area contributed by atoms with Gasteiger partial charge in [-0.2, -0.15) is 0 Å². The Kier molecular flexibility index (Phi) is 8.68. The lowest BCUT2D eigenvalue weighted by atomic mass is 10.1. The summed E-state index contributed by atoms with van der Waals surface area (Å²) >= 11 is 0. The molecule has 24 heavy (non-hydrogen) atoms. The summed E-state index contributed by atoms with van der Waals surface area (Å²) in [5.74, 6) is 0.978. The molecule has 0 unspecified atom stereocenters. The Morgan fingerprint density at radius 3 is 2.58 bits per heavy atom. The molecule has 0 fully saturated rings. The number of methoxy groups -OCH3 is 1. The van der Waals surface area contributed by atoms with Crippen LogP contribution < -0.4 is 14.8 Å². The monoisotopic (exact) mass is 337 g/mol. The Balaban J connectivity index is 2.54. The van der Waals surface area contributed by atoms with Crippen molar-refractivity contribution in [2.24, 2.45) is 5.92 Å². The van der Waals surface area contributed by atoms with Crippen molar-refractivity contribution in [3.8, 4) is 11.5 Å². The van der Waals surface area contributed by atoms with Crippen molar-refractivity contribution in [1.82, 2.24) is 5.32 Å². The first-order valence-electron chi connectivity index (χ1n) is 8.18. The third-order valence-corrected chi connectivity index (χ3v) is 3.28. The highest BCUT2D eigenvalue weighted by molar-refractivity contribution is 5.94. The van der Waals surface area contributed by atoms with Gasteiger partial charge in [-0.3, -0.25) is 9.59 Å². The Morgan fingerprint density at radius 2 is 1.96 bits per heavy atom. The van der Waals surface area contributed by atoms with Crippen molar-refractivity contribution in [1.29, 1.82) is 0 Å². The SMILES string of the molecule is CCOC(=O)CC(=O)NCc1ccc(OCCC(C)C)c(OC)c1. The van der Waals surface area contributed by atoms with Crippen molar-refractivity contribution >= 4 is 11.9 Å². The Morgan fingerprint density at radius 1 is 1.21 bits per heavy atom. The minimum Gasteiger partial charge on any atom is -0.493 e. The summed E-state index contributed by atoms with van der Waals surface area (Å²) in [5.41, 5.74) is 0.861. The molecular formula is C18H27NO5. The van der Waals surface area contributed by atoms with E-state index < -0.39 is 5.97 Å². The molecule has 0 bridgehead atoms. The second-order valence-electron chi connectivity index (χ2n) is 5.77. The minimum atomic E-state index is -0.526. The molecule has 0 aliphatic heterocycles. The van der Waals surface area contributed by atoms with Gasteiger partial charge in [0.25, 0.3) is 0 Å². The molecule has 6 heteroatoms. The highest BCUT2D eigenvalue weighted by atomic mass is 16.5. The molecule has 1 aromatic carbocycles. The molecule has 6 nitrogen and oxygen atoms in total. The van der Waals surface area contributed by atoms with E-state index in [1.807, 2.05) is 18.2 Å². The average molecular weight is 337 g/mol. The smallest absolute Gasteiger partial charge is 0.315 e. The predicted molar refractivity (Wildman–Crippen MR) is 91.0 cm³/mol. The summed E-state index contributed by atoms with van der Waals surface area (Å²) in [6, 6.07) is 5.50. The van der Waals surface area contributed by atoms with Crippen LogP contribution in [-0.2, 0) is 20.9 Å². The van der Waals surface area contributed by atoms with Gasteiger partial charge in [0.1, 0.15) is 6.42 Å². The molecule has 0 heterocycles. The normalized spacial score (nSPS) is 10.4. The molecular weight excluding hydrogens is 310 g/mol. The third-order valence-electron chi connectivity index (χ3n) is 3.28. The van der Waals surface area contributed by atoms with Crippen LogP contribution in [0.4, 0.5) is 0 Å². The zero-order valence-electron chi connectivity index (χ0n) is 14.9. The van der Waals surface area contributed by atoms with E-state index in [9.17, 15) is 9.59 Å². The summed E-state index contributed by atoms with van der Waals surface area (Å²) in [6.45, 7) is 7.18. The molecule has 134 valence electrons. The fraction of sp³-hybridized carbons (Fsp3) is 0.556. The summed E-state index contributed by atoms with van der Waals surface area (Å²) in [7, 11) is 1.58. The van der Waals surface area contributed by atoms with Crippen molar-refractivity contribution < 1.29 is 23.8 Å². The van der Waals surface area contributed by atoms with Gasteiger partial charge in [-0.15, -0.1) is 0 Å². The number of carbonyl (C=O) groups is 2. The standard InChI is InChI=1S/C18H27NO5/c1-5-23-18(21)11-17(20)19-12-14-6-7-15(16(10-14)22-4)24-9-8-13(2)3/h6-7,10,13H,5,8-9,11-12H2,1-4H3,(H,19,20). The van der Waals surface area contributed by atoms with Crippen LogP contribution in [0, 0.1) is 5.92 Å². The van der Waals surface area contributed by atoms with Crippen LogP contribution in [0.25, 0.3) is 0 Å². The van der Waals surface area contributed by atoms with E-state index in [2.05, 4.69) is 19.2 Å². The van der Waals surface area contributed by atoms with Gasteiger partial charge in [-0.25, -0.2) is 0 Å². The lowest BCUT2D eigenvalue weighted by molar-refractivity contribution is -0.146. The summed E-state index contributed by atoms with van der Waals surface area (Å²) in [5, 5.41) is 2.68. The van der Waals surface area contributed by atoms with E-state index in [4.69, 9.17) is 14.2 Å². The number of ether oxygens (including phenoxy) is 3. The number of benzene rings is 1. The molecule has 0 aliphatic rings. The van der Waals surface area contributed by atoms with Gasteiger partial charge in [0.15, 0.2) is 11.5 Å². The summed E-state index contributed by atoms with van der Waals surface area (Å²) in [4.78, 5) is 22.9. The molecule has 1 amide bonds. The summed E-state index contributed by atoms with van der Waals surface area (Å²) in [6.07, 6.45) is 0.691. The van der Waals surface area contributed by atoms with Crippen molar-refractivity contribution in [2.45, 2.75) is 40.2 Å². The van der Waals surface area contributed by atoms with Crippen LogP contribution in [0.1, 0.15) is 39.2 Å². The quantitative estimate of drug-likeness (QED) is 0.525. The topological polar surface area (TPSA) is 73.9 Å². The van der Waals surface area contributed by atoms with Gasteiger partial charge in [0.2, 0.25) is 5.91 Å². The molecule has 0 radical (unpaired) electrons. The molecule has 0 aliphatic carbocycles. The zero-order valence-corrected chi connectivity index (χ0v) is 14.9. The van der Waals surface area contributed by atoms with Gasteiger partial charge in [-0.05, 0) is 37.0 Å². The van der Waals surface area contributed by atoms with Crippen LogP contribution in [0.3, 0.4) is 0 Å². The Labute approximate surface area is 143 Å². The first-order valence-corrected chi connectivity index (χ1v) is 8.18. The number of amides is 1. The van der Waals surface area contributed by atoms with Gasteiger partial charge in [0, 0.05) is 6.54 Å². The zero-order chi connectivity index (χ0) is 17.9. The van der Waals surface area contributed by atoms with Gasteiger partial charge in [-0.1, -0.05) is 19.9 Å². The van der Waals surface area contributed by atoms with Gasteiger partial charge < -0.3 is 19.5 Å². The molecule has 0 atom stereocenters. The van der Waals surface area contributed by atoms with Gasteiger partial charge in [0.05, 0.1) is 20.3 Å². The first-order chi connectivity index (χ1) is 11.5. The maximum atomic E-state index is 11.7. The Hall–Kier alpha value is -2.24. The number of nitrogens with one attached hydrogen (secondary N) is 1. The van der Waals surface area contributed by atoms with Gasteiger partial charge >= 0.3 is 5.97 Å². The minimum absolute atomic E-state index is 0.265. The highest BCUT2D eigenvalue weighted by Gasteiger charge is 2.11. The molecule has 0 saturated heterocycles. The van der Waals surface area contributed by atoms with E-state index in [1.165, 1.54) is 0 Å². The van der Waals surface area contributed by atoms with Crippen LogP contribution in [-0.4, -0.2) is 32.2 Å². The van der Waals surface area contributed by atoms with Crippen LogP contribution >= 0.6 is 0 Å². The molecule has 0 aromatic heterocycles. The van der Waals surface area contributed by atoms with Crippen molar-refractivity contribution in [2.75, 3.05) is 20.3 Å². The highest BCUT2D eigenvalue weighted by Crippen LogP contribution is 2.28.